The Morgan fingerprint density at radius 1 is 0.854 bits per heavy atom. The van der Waals surface area contributed by atoms with Crippen molar-refractivity contribution in [3.05, 3.63) is 131 Å². The van der Waals surface area contributed by atoms with Crippen LogP contribution in [0.2, 0.25) is 0 Å². The molecule has 0 unspecified atom stereocenters. The molecule has 1 amide bonds. The molecular formula is C35H31N3O3. The predicted molar refractivity (Wildman–Crippen MR) is 162 cm³/mol. The third kappa shape index (κ3) is 5.88. The van der Waals surface area contributed by atoms with Gasteiger partial charge in [0.1, 0.15) is 5.69 Å². The molecule has 0 saturated carbocycles. The summed E-state index contributed by atoms with van der Waals surface area (Å²) in [7, 11) is 1.33. The van der Waals surface area contributed by atoms with Gasteiger partial charge in [0.15, 0.2) is 0 Å². The maximum atomic E-state index is 13.2. The predicted octanol–water partition coefficient (Wildman–Crippen LogP) is 6.54. The van der Waals surface area contributed by atoms with Gasteiger partial charge in [-0.2, -0.15) is 0 Å². The summed E-state index contributed by atoms with van der Waals surface area (Å²) in [5, 5.41) is 3.83. The van der Waals surface area contributed by atoms with Crippen LogP contribution >= 0.6 is 0 Å². The Labute approximate surface area is 239 Å². The molecule has 0 aliphatic carbocycles. The normalized spacial score (nSPS) is 13.0. The van der Waals surface area contributed by atoms with E-state index in [1.165, 1.54) is 23.8 Å². The molecule has 0 saturated heterocycles. The highest BCUT2D eigenvalue weighted by atomic mass is 16.5. The average Bonchev–Trinajstić information content (AvgIpc) is 3.03. The van der Waals surface area contributed by atoms with Crippen LogP contribution in [-0.2, 0) is 24.1 Å². The number of nitrogens with zero attached hydrogens (tertiary/aromatic N) is 2. The molecule has 5 aromatic rings. The van der Waals surface area contributed by atoms with Gasteiger partial charge in [-0.05, 0) is 64.9 Å². The van der Waals surface area contributed by atoms with Crippen LogP contribution in [0.25, 0.3) is 22.0 Å². The van der Waals surface area contributed by atoms with Gasteiger partial charge in [0, 0.05) is 25.0 Å². The number of amides is 1. The average molecular weight is 542 g/mol. The van der Waals surface area contributed by atoms with Gasteiger partial charge in [-0.3, -0.25) is 9.69 Å². The van der Waals surface area contributed by atoms with Gasteiger partial charge >= 0.3 is 5.97 Å². The lowest BCUT2D eigenvalue weighted by Crippen LogP contribution is -2.32. The lowest BCUT2D eigenvalue weighted by Gasteiger charge is -2.28. The van der Waals surface area contributed by atoms with E-state index in [2.05, 4.69) is 63.7 Å². The molecule has 1 aliphatic rings. The van der Waals surface area contributed by atoms with Crippen molar-refractivity contribution in [3.63, 3.8) is 0 Å². The second-order valence-electron chi connectivity index (χ2n) is 10.3. The lowest BCUT2D eigenvalue weighted by molar-refractivity contribution is 0.0602. The van der Waals surface area contributed by atoms with E-state index in [-0.39, 0.29) is 11.3 Å². The molecule has 1 aromatic heterocycles. The molecule has 6 heteroatoms. The van der Waals surface area contributed by atoms with Crippen molar-refractivity contribution in [1.29, 1.82) is 0 Å². The molecule has 0 radical (unpaired) electrons. The number of nitrogens with one attached hydrogen (secondary N) is 1. The summed E-state index contributed by atoms with van der Waals surface area (Å²) in [6, 6.07) is 33.7. The summed E-state index contributed by atoms with van der Waals surface area (Å²) in [4.78, 5) is 32.7. The Hall–Kier alpha value is -4.81. The first-order chi connectivity index (χ1) is 20.1. The van der Waals surface area contributed by atoms with Crippen molar-refractivity contribution in [1.82, 2.24) is 9.88 Å². The molecule has 204 valence electrons. The van der Waals surface area contributed by atoms with Gasteiger partial charge in [-0.15, -0.1) is 0 Å². The van der Waals surface area contributed by atoms with Gasteiger partial charge in [0.05, 0.1) is 23.9 Å². The minimum atomic E-state index is -0.519. The summed E-state index contributed by atoms with van der Waals surface area (Å²) >= 11 is 0. The summed E-state index contributed by atoms with van der Waals surface area (Å²) < 4.78 is 4.97. The van der Waals surface area contributed by atoms with E-state index in [1.54, 1.807) is 12.1 Å². The number of para-hydroxylation sites is 1. The molecule has 1 N–H and O–H groups in total. The summed E-state index contributed by atoms with van der Waals surface area (Å²) in [6.45, 7) is 3.11. The molecule has 6 rings (SSSR count). The number of hydrogen-bond donors (Lipinski definition) is 1. The van der Waals surface area contributed by atoms with E-state index >= 15 is 0 Å². The van der Waals surface area contributed by atoms with Gasteiger partial charge < -0.3 is 10.1 Å². The Morgan fingerprint density at radius 2 is 1.61 bits per heavy atom. The van der Waals surface area contributed by atoms with Crippen molar-refractivity contribution in [2.75, 3.05) is 25.5 Å². The number of carbonyl (C=O) groups is 2. The third-order valence-electron chi connectivity index (χ3n) is 7.72. The maximum absolute atomic E-state index is 13.2. The van der Waals surface area contributed by atoms with Crippen LogP contribution in [0.1, 0.15) is 37.5 Å². The van der Waals surface area contributed by atoms with Crippen molar-refractivity contribution in [2.45, 2.75) is 19.4 Å². The highest BCUT2D eigenvalue weighted by Crippen LogP contribution is 2.28. The molecule has 6 nitrogen and oxygen atoms in total. The molecule has 41 heavy (non-hydrogen) atoms. The number of fused-ring (bicyclic) bond motifs is 2. The van der Waals surface area contributed by atoms with Crippen LogP contribution < -0.4 is 5.32 Å². The Morgan fingerprint density at radius 3 is 2.44 bits per heavy atom. The van der Waals surface area contributed by atoms with Crippen molar-refractivity contribution < 1.29 is 14.3 Å². The molecular weight excluding hydrogens is 510 g/mol. The van der Waals surface area contributed by atoms with E-state index < -0.39 is 11.9 Å². The van der Waals surface area contributed by atoms with Crippen LogP contribution in [0.4, 0.5) is 5.69 Å². The highest BCUT2D eigenvalue weighted by molar-refractivity contribution is 6.08. The number of carbonyl (C=O) groups excluding carboxylic acids is 2. The van der Waals surface area contributed by atoms with Crippen LogP contribution in [0.15, 0.2) is 103 Å². The number of esters is 1. The first-order valence-corrected chi connectivity index (χ1v) is 13.9. The largest absolute Gasteiger partial charge is 0.465 e. The van der Waals surface area contributed by atoms with E-state index in [0.29, 0.717) is 5.69 Å². The molecule has 0 fully saturated rings. The van der Waals surface area contributed by atoms with Crippen LogP contribution in [0, 0.1) is 0 Å². The van der Waals surface area contributed by atoms with E-state index in [0.717, 1.165) is 54.5 Å². The fourth-order valence-electron chi connectivity index (χ4n) is 5.39. The zero-order valence-corrected chi connectivity index (χ0v) is 23.0. The summed E-state index contributed by atoms with van der Waals surface area (Å²) in [5.41, 5.74) is 7.72. The fraction of sp³-hybridized carbons (Fsp3) is 0.171. The molecule has 0 bridgehead atoms. The first kappa shape index (κ1) is 26.4. The topological polar surface area (TPSA) is 71.5 Å². The van der Waals surface area contributed by atoms with E-state index in [9.17, 15) is 9.59 Å². The highest BCUT2D eigenvalue weighted by Gasteiger charge is 2.18. The zero-order valence-electron chi connectivity index (χ0n) is 23.0. The maximum Gasteiger partial charge on any atom is 0.339 e. The smallest absolute Gasteiger partial charge is 0.339 e. The Kier molecular flexibility index (Phi) is 7.56. The number of ether oxygens (including phenoxy) is 1. The van der Waals surface area contributed by atoms with Crippen molar-refractivity contribution >= 4 is 28.5 Å². The summed E-state index contributed by atoms with van der Waals surface area (Å²) in [5.74, 6) is -0.914. The summed E-state index contributed by atoms with van der Waals surface area (Å²) in [6.07, 6.45) is 2.08. The quantitative estimate of drug-likeness (QED) is 0.237. The number of hydrogen-bond acceptors (Lipinski definition) is 5. The Bertz CT molecular complexity index is 1730. The van der Waals surface area contributed by atoms with Crippen molar-refractivity contribution in [3.8, 4) is 11.1 Å². The number of methoxy groups -OCH3 is 1. The monoisotopic (exact) mass is 541 g/mol. The zero-order chi connectivity index (χ0) is 28.2. The van der Waals surface area contributed by atoms with Gasteiger partial charge in [-0.1, -0.05) is 78.9 Å². The molecule has 2 heterocycles. The number of aromatic nitrogens is 1. The number of anilines is 1. The molecule has 4 aromatic carbocycles. The minimum Gasteiger partial charge on any atom is -0.465 e. The van der Waals surface area contributed by atoms with E-state index in [4.69, 9.17) is 4.74 Å². The SMILES string of the molecule is COC(=O)c1ccc(-c2ccc(CCN3CCc4ccccc4C3)cc2)cc1NC(=O)c1ccc2ccccc2n1. The Balaban J connectivity index is 1.17. The van der Waals surface area contributed by atoms with Gasteiger partial charge in [0.25, 0.3) is 5.91 Å². The second kappa shape index (κ2) is 11.7. The first-order valence-electron chi connectivity index (χ1n) is 13.9. The standard InChI is InChI=1S/C35H31N3O3/c1-41-35(40)30-16-14-28(22-33(30)37-34(39)32-17-15-27-7-4-5-9-31(27)36-32)26-12-10-24(11-13-26)18-20-38-21-19-25-6-2-3-8-29(25)23-38/h2-17,22H,18-21,23H2,1H3,(H,37,39). The number of benzene rings is 4. The van der Waals surface area contributed by atoms with Crippen LogP contribution in [-0.4, -0.2) is 42.0 Å². The fourth-order valence-corrected chi connectivity index (χ4v) is 5.39. The minimum absolute atomic E-state index is 0.270. The number of rotatable bonds is 7. The van der Waals surface area contributed by atoms with E-state index in [1.807, 2.05) is 42.5 Å². The lowest BCUT2D eigenvalue weighted by atomic mass is 9.98. The van der Waals surface area contributed by atoms with Crippen LogP contribution in [0.3, 0.4) is 0 Å². The second-order valence-corrected chi connectivity index (χ2v) is 10.3. The van der Waals surface area contributed by atoms with Gasteiger partial charge in [0.2, 0.25) is 0 Å². The molecule has 1 aliphatic heterocycles. The number of pyridine rings is 1. The van der Waals surface area contributed by atoms with Gasteiger partial charge in [-0.25, -0.2) is 9.78 Å². The molecule has 0 atom stereocenters. The van der Waals surface area contributed by atoms with Crippen LogP contribution in [0.5, 0.6) is 0 Å². The van der Waals surface area contributed by atoms with Crippen molar-refractivity contribution in [2.24, 2.45) is 0 Å². The third-order valence-corrected chi connectivity index (χ3v) is 7.72. The molecule has 0 spiro atoms.